The van der Waals surface area contributed by atoms with Gasteiger partial charge in [0, 0.05) is 30.5 Å². The molecule has 2 aromatic rings. The molecule has 1 aliphatic carbocycles. The molecule has 1 fully saturated rings. The Labute approximate surface area is 164 Å². The number of halogens is 1. The third-order valence-corrected chi connectivity index (χ3v) is 5.45. The fourth-order valence-corrected chi connectivity index (χ4v) is 3.56. The van der Waals surface area contributed by atoms with E-state index in [1.807, 2.05) is 18.2 Å². The van der Waals surface area contributed by atoms with Gasteiger partial charge in [-0.2, -0.15) is 0 Å². The van der Waals surface area contributed by atoms with E-state index in [9.17, 15) is 4.79 Å². The van der Waals surface area contributed by atoms with Gasteiger partial charge in [0.05, 0.1) is 30.5 Å². The van der Waals surface area contributed by atoms with E-state index in [4.69, 9.17) is 21.1 Å². The van der Waals surface area contributed by atoms with Gasteiger partial charge in [0.25, 0.3) is 0 Å². The third-order valence-electron chi connectivity index (χ3n) is 5.14. The van der Waals surface area contributed by atoms with E-state index in [-0.39, 0.29) is 17.9 Å². The van der Waals surface area contributed by atoms with Crippen molar-refractivity contribution in [2.24, 2.45) is 0 Å². The van der Waals surface area contributed by atoms with E-state index >= 15 is 0 Å². The minimum Gasteiger partial charge on any atom is -0.490 e. The van der Waals surface area contributed by atoms with Gasteiger partial charge >= 0.3 is 0 Å². The Bertz CT molecular complexity index is 822. The number of hydrogen-bond acceptors (Lipinski definition) is 4. The van der Waals surface area contributed by atoms with E-state index < -0.39 is 0 Å². The summed E-state index contributed by atoms with van der Waals surface area (Å²) in [5.41, 5.74) is 2.06. The van der Waals surface area contributed by atoms with Crippen LogP contribution in [0, 0.1) is 0 Å². The second kappa shape index (κ2) is 7.69. The van der Waals surface area contributed by atoms with Crippen LogP contribution in [0.4, 0.5) is 5.69 Å². The molecule has 1 amide bonds. The van der Waals surface area contributed by atoms with Gasteiger partial charge in [-0.1, -0.05) is 41.9 Å². The molecule has 142 valence electrons. The van der Waals surface area contributed by atoms with Crippen molar-refractivity contribution in [1.82, 2.24) is 5.32 Å². The van der Waals surface area contributed by atoms with Crippen molar-refractivity contribution >= 4 is 23.2 Å². The maximum atomic E-state index is 12.3. The third kappa shape index (κ3) is 4.14. The van der Waals surface area contributed by atoms with E-state index in [2.05, 4.69) is 22.8 Å². The number of carbonyl (C=O) groups is 1. The van der Waals surface area contributed by atoms with Crippen molar-refractivity contribution in [3.05, 3.63) is 53.1 Å². The molecule has 2 N–H and O–H groups in total. The van der Waals surface area contributed by atoms with Crippen molar-refractivity contribution in [2.45, 2.75) is 24.7 Å². The molecule has 0 aromatic heterocycles. The summed E-state index contributed by atoms with van der Waals surface area (Å²) in [4.78, 5) is 12.3. The normalized spacial score (nSPS) is 16.9. The van der Waals surface area contributed by atoms with E-state index in [1.54, 1.807) is 12.1 Å². The zero-order chi connectivity index (χ0) is 18.7. The van der Waals surface area contributed by atoms with Crippen LogP contribution < -0.4 is 20.1 Å². The smallest absolute Gasteiger partial charge is 0.239 e. The number of carbonyl (C=O) groups excluding carboxylic acids is 1. The van der Waals surface area contributed by atoms with E-state index in [0.29, 0.717) is 42.0 Å². The molecule has 1 aliphatic heterocycles. The second-order valence-corrected chi connectivity index (χ2v) is 7.51. The van der Waals surface area contributed by atoms with Crippen molar-refractivity contribution in [2.75, 3.05) is 31.6 Å². The molecule has 6 heteroatoms. The van der Waals surface area contributed by atoms with Gasteiger partial charge in [0.1, 0.15) is 0 Å². The summed E-state index contributed by atoms with van der Waals surface area (Å²) in [6.45, 7) is 2.04. The standard InChI is InChI=1S/C21H23ClN2O3/c22-16-11-18-19(27-10-4-9-26-18)12-17(16)23-13-20(25)24-14-21(7-8-21)15-5-2-1-3-6-15/h1-3,5-6,11-12,23H,4,7-10,13-14H2,(H,24,25). The molecule has 0 bridgehead atoms. The zero-order valence-electron chi connectivity index (χ0n) is 15.1. The highest BCUT2D eigenvalue weighted by atomic mass is 35.5. The van der Waals surface area contributed by atoms with Gasteiger partial charge in [0.15, 0.2) is 11.5 Å². The Hall–Kier alpha value is -2.40. The van der Waals surface area contributed by atoms with Crippen molar-refractivity contribution in [3.8, 4) is 11.5 Å². The zero-order valence-corrected chi connectivity index (χ0v) is 15.8. The Balaban J connectivity index is 1.33. The first kappa shape index (κ1) is 18.0. The highest BCUT2D eigenvalue weighted by molar-refractivity contribution is 6.33. The molecule has 0 unspecified atom stereocenters. The van der Waals surface area contributed by atoms with Crippen LogP contribution in [-0.4, -0.2) is 32.2 Å². The molecule has 2 aliphatic rings. The van der Waals surface area contributed by atoms with Crippen LogP contribution in [0.25, 0.3) is 0 Å². The minimum atomic E-state index is -0.0552. The molecule has 5 nitrogen and oxygen atoms in total. The first-order valence-electron chi connectivity index (χ1n) is 9.32. The van der Waals surface area contributed by atoms with Gasteiger partial charge in [-0.15, -0.1) is 0 Å². The number of benzene rings is 2. The fraction of sp³-hybridized carbons (Fsp3) is 0.381. The minimum absolute atomic E-state index is 0.0552. The van der Waals surface area contributed by atoms with Gasteiger partial charge < -0.3 is 20.1 Å². The van der Waals surface area contributed by atoms with Crippen LogP contribution in [0.5, 0.6) is 11.5 Å². The molecular weight excluding hydrogens is 364 g/mol. The molecule has 0 spiro atoms. The second-order valence-electron chi connectivity index (χ2n) is 7.11. The van der Waals surface area contributed by atoms with E-state index in [0.717, 1.165) is 19.3 Å². The fourth-order valence-electron chi connectivity index (χ4n) is 3.34. The number of nitrogens with one attached hydrogen (secondary N) is 2. The van der Waals surface area contributed by atoms with Crippen molar-refractivity contribution in [1.29, 1.82) is 0 Å². The molecule has 1 heterocycles. The van der Waals surface area contributed by atoms with Gasteiger partial charge in [0.2, 0.25) is 5.91 Å². The highest BCUT2D eigenvalue weighted by Gasteiger charge is 2.44. The Morgan fingerprint density at radius 2 is 1.78 bits per heavy atom. The molecule has 0 atom stereocenters. The average molecular weight is 387 g/mol. The van der Waals surface area contributed by atoms with Gasteiger partial charge in [-0.05, 0) is 18.4 Å². The van der Waals surface area contributed by atoms with E-state index in [1.165, 1.54) is 5.56 Å². The SMILES string of the molecule is O=C(CNc1cc2c(cc1Cl)OCCCO2)NCC1(c2ccccc2)CC1. The lowest BCUT2D eigenvalue weighted by Gasteiger charge is -2.17. The topological polar surface area (TPSA) is 59.6 Å². The predicted molar refractivity (Wildman–Crippen MR) is 106 cm³/mol. The van der Waals surface area contributed by atoms with Crippen LogP contribution in [0.1, 0.15) is 24.8 Å². The summed E-state index contributed by atoms with van der Waals surface area (Å²) in [6, 6.07) is 13.9. The van der Waals surface area contributed by atoms with Gasteiger partial charge in [-0.25, -0.2) is 0 Å². The first-order chi connectivity index (χ1) is 13.2. The molecule has 0 saturated heterocycles. The lowest BCUT2D eigenvalue weighted by molar-refractivity contribution is -0.119. The van der Waals surface area contributed by atoms with Crippen LogP contribution in [0.2, 0.25) is 5.02 Å². The summed E-state index contributed by atoms with van der Waals surface area (Å²) >= 11 is 6.31. The van der Waals surface area contributed by atoms with Crippen LogP contribution >= 0.6 is 11.6 Å². The largest absolute Gasteiger partial charge is 0.490 e. The summed E-state index contributed by atoms with van der Waals surface area (Å²) in [5, 5.41) is 6.65. The molecule has 1 saturated carbocycles. The maximum Gasteiger partial charge on any atom is 0.239 e. The lowest BCUT2D eigenvalue weighted by Crippen LogP contribution is -2.36. The Morgan fingerprint density at radius 1 is 1.07 bits per heavy atom. The summed E-state index contributed by atoms with van der Waals surface area (Å²) in [7, 11) is 0. The predicted octanol–water partition coefficient (Wildman–Crippen LogP) is 3.76. The number of ether oxygens (including phenoxy) is 2. The molecule has 4 rings (SSSR count). The van der Waals surface area contributed by atoms with Crippen LogP contribution in [-0.2, 0) is 10.2 Å². The van der Waals surface area contributed by atoms with Crippen molar-refractivity contribution < 1.29 is 14.3 Å². The molecule has 27 heavy (non-hydrogen) atoms. The van der Waals surface area contributed by atoms with Crippen molar-refractivity contribution in [3.63, 3.8) is 0 Å². The summed E-state index contributed by atoms with van der Waals surface area (Å²) in [5.74, 6) is 1.24. The highest BCUT2D eigenvalue weighted by Crippen LogP contribution is 2.47. The number of hydrogen-bond donors (Lipinski definition) is 2. The summed E-state index contributed by atoms with van der Waals surface area (Å²) < 4.78 is 11.3. The number of amides is 1. The first-order valence-corrected chi connectivity index (χ1v) is 9.69. The average Bonchev–Trinajstić information content (AvgIpc) is 3.50. The number of fused-ring (bicyclic) bond motifs is 1. The van der Waals surface area contributed by atoms with Crippen LogP contribution in [0.15, 0.2) is 42.5 Å². The number of rotatable bonds is 6. The molecular formula is C21H23ClN2O3. The Kier molecular flexibility index (Phi) is 5.12. The maximum absolute atomic E-state index is 12.3. The van der Waals surface area contributed by atoms with Crippen LogP contribution in [0.3, 0.4) is 0 Å². The molecule has 0 radical (unpaired) electrons. The Morgan fingerprint density at radius 3 is 2.48 bits per heavy atom. The number of anilines is 1. The lowest BCUT2D eigenvalue weighted by atomic mass is 9.96. The quantitative estimate of drug-likeness (QED) is 0.793. The monoisotopic (exact) mass is 386 g/mol. The summed E-state index contributed by atoms with van der Waals surface area (Å²) in [6.07, 6.45) is 3.05. The molecule has 2 aromatic carbocycles. The van der Waals surface area contributed by atoms with Gasteiger partial charge in [-0.3, -0.25) is 4.79 Å².